The minimum atomic E-state index is -0.256. The lowest BCUT2D eigenvalue weighted by Crippen LogP contribution is -2.50. The van der Waals surface area contributed by atoms with Gasteiger partial charge in [0.2, 0.25) is 11.8 Å². The summed E-state index contributed by atoms with van der Waals surface area (Å²) in [5.74, 6) is -0.317. The summed E-state index contributed by atoms with van der Waals surface area (Å²) >= 11 is 0. The Kier molecular flexibility index (Phi) is 6.24. The number of amides is 2. The molecule has 3 rings (SSSR count). The Morgan fingerprint density at radius 2 is 1.44 bits per heavy atom. The van der Waals surface area contributed by atoms with E-state index >= 15 is 0 Å². The van der Waals surface area contributed by atoms with Crippen molar-refractivity contribution in [2.24, 2.45) is 11.7 Å². The van der Waals surface area contributed by atoms with E-state index in [1.165, 1.54) is 0 Å². The zero-order valence-corrected chi connectivity index (χ0v) is 15.7. The molecule has 3 N–H and O–H groups in total. The molecule has 2 aromatic rings. The van der Waals surface area contributed by atoms with Crippen LogP contribution in [0.4, 0.5) is 0 Å². The van der Waals surface area contributed by atoms with Gasteiger partial charge in [0.1, 0.15) is 0 Å². The predicted molar refractivity (Wildman–Crippen MR) is 106 cm³/mol. The van der Waals surface area contributed by atoms with Gasteiger partial charge in [0.05, 0.1) is 12.1 Å². The molecule has 0 saturated carbocycles. The SMILES string of the molecule is CC(C(=O)NC(c1ccccc1)c1ccccc1)N1CCC(C(N)=O)CC1. The quantitative estimate of drug-likeness (QED) is 0.826. The van der Waals surface area contributed by atoms with Crippen molar-refractivity contribution < 1.29 is 9.59 Å². The molecule has 2 amide bonds. The Morgan fingerprint density at radius 1 is 0.963 bits per heavy atom. The van der Waals surface area contributed by atoms with Crippen molar-refractivity contribution in [3.8, 4) is 0 Å². The number of rotatable bonds is 6. The van der Waals surface area contributed by atoms with E-state index in [0.717, 1.165) is 11.1 Å². The van der Waals surface area contributed by atoms with Crippen LogP contribution in [0.25, 0.3) is 0 Å². The van der Waals surface area contributed by atoms with E-state index in [1.807, 2.05) is 67.6 Å². The van der Waals surface area contributed by atoms with Gasteiger partial charge in [0.25, 0.3) is 0 Å². The normalized spacial score (nSPS) is 16.8. The number of benzene rings is 2. The number of hydrogen-bond acceptors (Lipinski definition) is 3. The molecule has 1 atom stereocenters. The van der Waals surface area contributed by atoms with Gasteiger partial charge in [-0.25, -0.2) is 0 Å². The zero-order valence-electron chi connectivity index (χ0n) is 15.7. The fourth-order valence-corrected chi connectivity index (χ4v) is 3.65. The molecule has 2 aromatic carbocycles. The highest BCUT2D eigenvalue weighted by atomic mass is 16.2. The van der Waals surface area contributed by atoms with E-state index in [0.29, 0.717) is 25.9 Å². The Balaban J connectivity index is 1.70. The number of nitrogens with two attached hydrogens (primary N) is 1. The molecule has 0 radical (unpaired) electrons. The van der Waals surface area contributed by atoms with Crippen LogP contribution in [0.5, 0.6) is 0 Å². The van der Waals surface area contributed by atoms with Crippen LogP contribution in [-0.2, 0) is 9.59 Å². The number of hydrogen-bond donors (Lipinski definition) is 2. The van der Waals surface area contributed by atoms with E-state index < -0.39 is 0 Å². The molecule has 1 saturated heterocycles. The Bertz CT molecular complexity index is 716. The summed E-state index contributed by atoms with van der Waals surface area (Å²) in [4.78, 5) is 26.4. The number of nitrogens with zero attached hydrogens (tertiary/aromatic N) is 1. The summed E-state index contributed by atoms with van der Waals surface area (Å²) in [6.45, 7) is 3.35. The third-order valence-electron chi connectivity index (χ3n) is 5.41. The van der Waals surface area contributed by atoms with Crippen molar-refractivity contribution in [3.05, 3.63) is 71.8 Å². The van der Waals surface area contributed by atoms with E-state index in [4.69, 9.17) is 5.73 Å². The highest BCUT2D eigenvalue weighted by Gasteiger charge is 2.30. The van der Waals surface area contributed by atoms with Crippen LogP contribution in [0, 0.1) is 5.92 Å². The number of nitrogens with one attached hydrogen (secondary N) is 1. The molecule has 27 heavy (non-hydrogen) atoms. The molecule has 5 heteroatoms. The molecule has 1 aliphatic rings. The van der Waals surface area contributed by atoms with Crippen molar-refractivity contribution in [1.82, 2.24) is 10.2 Å². The standard InChI is InChI=1S/C22H27N3O2/c1-16(25-14-12-19(13-15-25)21(23)26)22(27)24-20(17-8-4-2-5-9-17)18-10-6-3-7-11-18/h2-11,16,19-20H,12-15H2,1H3,(H2,23,26)(H,24,27). The number of piperidine rings is 1. The molecule has 1 heterocycles. The van der Waals surface area contributed by atoms with Crippen LogP contribution in [0.15, 0.2) is 60.7 Å². The molecule has 1 fully saturated rings. The molecule has 0 spiro atoms. The largest absolute Gasteiger partial charge is 0.369 e. The first-order chi connectivity index (χ1) is 13.1. The van der Waals surface area contributed by atoms with E-state index in [2.05, 4.69) is 10.2 Å². The van der Waals surface area contributed by atoms with Crippen LogP contribution in [0.3, 0.4) is 0 Å². The zero-order chi connectivity index (χ0) is 19.2. The maximum absolute atomic E-state index is 13.0. The number of carbonyl (C=O) groups is 2. The number of carbonyl (C=O) groups excluding carboxylic acids is 2. The summed E-state index contributed by atoms with van der Waals surface area (Å²) in [5.41, 5.74) is 7.51. The van der Waals surface area contributed by atoms with Crippen molar-refractivity contribution in [2.75, 3.05) is 13.1 Å². The minimum absolute atomic E-state index is 0.00905. The van der Waals surface area contributed by atoms with Gasteiger partial charge in [-0.3, -0.25) is 14.5 Å². The molecular formula is C22H27N3O2. The Labute approximate surface area is 160 Å². The third-order valence-corrected chi connectivity index (χ3v) is 5.41. The number of primary amides is 1. The molecule has 5 nitrogen and oxygen atoms in total. The average Bonchev–Trinajstić information content (AvgIpc) is 2.72. The molecular weight excluding hydrogens is 338 g/mol. The maximum Gasteiger partial charge on any atom is 0.237 e. The van der Waals surface area contributed by atoms with Crippen molar-refractivity contribution in [2.45, 2.75) is 31.8 Å². The van der Waals surface area contributed by atoms with Gasteiger partial charge in [0.15, 0.2) is 0 Å². The highest BCUT2D eigenvalue weighted by Crippen LogP contribution is 2.23. The van der Waals surface area contributed by atoms with Crippen LogP contribution in [-0.4, -0.2) is 35.8 Å². The van der Waals surface area contributed by atoms with Crippen molar-refractivity contribution in [1.29, 1.82) is 0 Å². The number of likely N-dealkylation sites (tertiary alicyclic amines) is 1. The van der Waals surface area contributed by atoms with Gasteiger partial charge in [0, 0.05) is 5.92 Å². The fourth-order valence-electron chi connectivity index (χ4n) is 3.65. The molecule has 0 bridgehead atoms. The predicted octanol–water partition coefficient (Wildman–Crippen LogP) is 2.48. The molecule has 0 aromatic heterocycles. The first-order valence-electron chi connectivity index (χ1n) is 9.50. The van der Waals surface area contributed by atoms with Gasteiger partial charge in [-0.05, 0) is 44.0 Å². The second-order valence-electron chi connectivity index (χ2n) is 7.15. The van der Waals surface area contributed by atoms with Gasteiger partial charge in [-0.15, -0.1) is 0 Å². The lowest BCUT2D eigenvalue weighted by molar-refractivity contribution is -0.127. The average molecular weight is 365 g/mol. The fraction of sp³-hybridized carbons (Fsp3) is 0.364. The Hall–Kier alpha value is -2.66. The monoisotopic (exact) mass is 365 g/mol. The summed E-state index contributed by atoms with van der Waals surface area (Å²) < 4.78 is 0. The lowest BCUT2D eigenvalue weighted by Gasteiger charge is -2.35. The molecule has 0 aliphatic carbocycles. The van der Waals surface area contributed by atoms with E-state index in [9.17, 15) is 9.59 Å². The van der Waals surface area contributed by atoms with Crippen LogP contribution in [0.1, 0.15) is 36.9 Å². The maximum atomic E-state index is 13.0. The summed E-state index contributed by atoms with van der Waals surface area (Å²) in [6.07, 6.45) is 1.43. The first-order valence-corrected chi connectivity index (χ1v) is 9.50. The van der Waals surface area contributed by atoms with Crippen LogP contribution < -0.4 is 11.1 Å². The highest BCUT2D eigenvalue weighted by molar-refractivity contribution is 5.82. The van der Waals surface area contributed by atoms with Crippen molar-refractivity contribution >= 4 is 11.8 Å². The molecule has 1 unspecified atom stereocenters. The topological polar surface area (TPSA) is 75.4 Å². The molecule has 1 aliphatic heterocycles. The lowest BCUT2D eigenvalue weighted by atomic mass is 9.95. The minimum Gasteiger partial charge on any atom is -0.369 e. The van der Waals surface area contributed by atoms with E-state index in [-0.39, 0.29) is 29.8 Å². The van der Waals surface area contributed by atoms with Gasteiger partial charge >= 0.3 is 0 Å². The van der Waals surface area contributed by atoms with E-state index in [1.54, 1.807) is 0 Å². The third kappa shape index (κ3) is 4.74. The Morgan fingerprint density at radius 3 is 1.89 bits per heavy atom. The van der Waals surface area contributed by atoms with Crippen LogP contribution in [0.2, 0.25) is 0 Å². The summed E-state index contributed by atoms with van der Waals surface area (Å²) in [7, 11) is 0. The second-order valence-corrected chi connectivity index (χ2v) is 7.15. The first kappa shape index (κ1) is 19.1. The van der Waals surface area contributed by atoms with Crippen molar-refractivity contribution in [3.63, 3.8) is 0 Å². The smallest absolute Gasteiger partial charge is 0.237 e. The second kappa shape index (κ2) is 8.82. The summed E-state index contributed by atoms with van der Waals surface area (Å²) in [5, 5.41) is 3.21. The van der Waals surface area contributed by atoms with Gasteiger partial charge in [-0.2, -0.15) is 0 Å². The molecule has 142 valence electrons. The van der Waals surface area contributed by atoms with Gasteiger partial charge in [-0.1, -0.05) is 60.7 Å². The summed E-state index contributed by atoms with van der Waals surface area (Å²) in [6, 6.07) is 19.5. The van der Waals surface area contributed by atoms with Gasteiger partial charge < -0.3 is 11.1 Å². The van der Waals surface area contributed by atoms with Crippen LogP contribution >= 0.6 is 0 Å².